The Bertz CT molecular complexity index is 292. The summed E-state index contributed by atoms with van der Waals surface area (Å²) in [5.41, 5.74) is 5.86. The first-order valence-electron chi connectivity index (χ1n) is 8.04. The lowest BCUT2D eigenvalue weighted by Crippen LogP contribution is -2.59. The molecule has 3 unspecified atom stereocenters. The lowest BCUT2D eigenvalue weighted by atomic mass is 9.76. The van der Waals surface area contributed by atoms with Crippen molar-refractivity contribution in [3.8, 4) is 0 Å². The summed E-state index contributed by atoms with van der Waals surface area (Å²) >= 11 is 0. The number of carbonyl (C=O) groups is 1. The Morgan fingerprint density at radius 1 is 1.47 bits per heavy atom. The number of hydrogen-bond acceptors (Lipinski definition) is 2. The van der Waals surface area contributed by atoms with Crippen molar-refractivity contribution >= 4 is 5.91 Å². The van der Waals surface area contributed by atoms with Crippen molar-refractivity contribution in [1.82, 2.24) is 4.90 Å². The van der Waals surface area contributed by atoms with Gasteiger partial charge in [-0.3, -0.25) is 4.79 Å². The van der Waals surface area contributed by atoms with Crippen LogP contribution >= 0.6 is 0 Å². The molecule has 3 heteroatoms. The molecule has 0 radical (unpaired) electrons. The summed E-state index contributed by atoms with van der Waals surface area (Å²) < 4.78 is 0. The van der Waals surface area contributed by atoms with E-state index in [0.717, 1.165) is 45.1 Å². The van der Waals surface area contributed by atoms with Crippen LogP contribution in [0.5, 0.6) is 0 Å². The number of nitrogens with zero attached hydrogens (tertiary/aromatic N) is 1. The highest BCUT2D eigenvalue weighted by molar-refractivity contribution is 5.86. The third-order valence-electron chi connectivity index (χ3n) is 4.59. The fourth-order valence-electron chi connectivity index (χ4n) is 3.14. The van der Waals surface area contributed by atoms with E-state index in [1.807, 2.05) is 4.90 Å². The molecular formula is C16H32N2O. The van der Waals surface area contributed by atoms with Crippen LogP contribution in [0.4, 0.5) is 0 Å². The van der Waals surface area contributed by atoms with E-state index in [0.29, 0.717) is 12.0 Å². The Balaban J connectivity index is 2.79. The Kier molecular flexibility index (Phi) is 6.31. The highest BCUT2D eigenvalue weighted by Crippen LogP contribution is 2.32. The minimum atomic E-state index is -0.602. The molecule has 1 amide bonds. The van der Waals surface area contributed by atoms with Crippen molar-refractivity contribution in [3.63, 3.8) is 0 Å². The molecule has 1 fully saturated rings. The van der Waals surface area contributed by atoms with E-state index in [2.05, 4.69) is 27.7 Å². The fraction of sp³-hybridized carbons (Fsp3) is 0.938. The van der Waals surface area contributed by atoms with Gasteiger partial charge in [-0.25, -0.2) is 0 Å². The molecule has 0 spiro atoms. The molecule has 1 saturated carbocycles. The van der Waals surface area contributed by atoms with Crippen molar-refractivity contribution < 1.29 is 4.79 Å². The maximum Gasteiger partial charge on any atom is 0.242 e. The molecule has 112 valence electrons. The Morgan fingerprint density at radius 3 is 2.68 bits per heavy atom. The van der Waals surface area contributed by atoms with E-state index >= 15 is 0 Å². The summed E-state index contributed by atoms with van der Waals surface area (Å²) in [6, 6.07) is 0.303. The SMILES string of the molecule is CCCCN(C(=O)C1(N)CCCC(C)C1)C(C)CC. The molecule has 0 aromatic heterocycles. The van der Waals surface area contributed by atoms with Crippen molar-refractivity contribution in [3.05, 3.63) is 0 Å². The van der Waals surface area contributed by atoms with Gasteiger partial charge in [0.1, 0.15) is 0 Å². The van der Waals surface area contributed by atoms with E-state index in [9.17, 15) is 4.79 Å². The molecule has 0 saturated heterocycles. The molecule has 19 heavy (non-hydrogen) atoms. The van der Waals surface area contributed by atoms with Crippen molar-refractivity contribution in [2.75, 3.05) is 6.54 Å². The molecule has 0 aliphatic heterocycles. The summed E-state index contributed by atoms with van der Waals surface area (Å²) in [5, 5.41) is 0. The number of hydrogen-bond donors (Lipinski definition) is 1. The number of amides is 1. The van der Waals surface area contributed by atoms with Gasteiger partial charge in [0.05, 0.1) is 5.54 Å². The minimum Gasteiger partial charge on any atom is -0.338 e. The van der Waals surface area contributed by atoms with Crippen LogP contribution in [0.2, 0.25) is 0 Å². The topological polar surface area (TPSA) is 46.3 Å². The van der Waals surface area contributed by atoms with Crippen LogP contribution in [0.1, 0.15) is 72.6 Å². The first kappa shape index (κ1) is 16.5. The highest BCUT2D eigenvalue weighted by Gasteiger charge is 2.41. The second kappa shape index (κ2) is 7.28. The van der Waals surface area contributed by atoms with Gasteiger partial charge in [-0.15, -0.1) is 0 Å². The smallest absolute Gasteiger partial charge is 0.242 e. The normalized spacial score (nSPS) is 29.0. The zero-order valence-corrected chi connectivity index (χ0v) is 13.2. The van der Waals surface area contributed by atoms with Gasteiger partial charge in [-0.2, -0.15) is 0 Å². The van der Waals surface area contributed by atoms with E-state index in [1.54, 1.807) is 0 Å². The third-order valence-corrected chi connectivity index (χ3v) is 4.59. The summed E-state index contributed by atoms with van der Waals surface area (Å²) in [4.78, 5) is 14.9. The summed E-state index contributed by atoms with van der Waals surface area (Å²) in [7, 11) is 0. The van der Waals surface area contributed by atoms with Gasteiger partial charge in [0.25, 0.3) is 0 Å². The van der Waals surface area contributed by atoms with Gasteiger partial charge < -0.3 is 10.6 Å². The number of carbonyl (C=O) groups excluding carboxylic acids is 1. The van der Waals surface area contributed by atoms with Gasteiger partial charge in [0.2, 0.25) is 5.91 Å². The van der Waals surface area contributed by atoms with Crippen LogP contribution in [0, 0.1) is 5.92 Å². The van der Waals surface area contributed by atoms with E-state index in [1.165, 1.54) is 6.42 Å². The standard InChI is InChI=1S/C16H32N2O/c1-5-7-11-18(14(4)6-2)15(19)16(17)10-8-9-13(3)12-16/h13-14H,5-12,17H2,1-4H3. The summed E-state index contributed by atoms with van der Waals surface area (Å²) in [5.74, 6) is 0.773. The monoisotopic (exact) mass is 268 g/mol. The molecule has 1 rings (SSSR count). The van der Waals surface area contributed by atoms with Gasteiger partial charge >= 0.3 is 0 Å². The molecule has 0 aromatic rings. The lowest BCUT2D eigenvalue weighted by molar-refractivity contribution is -0.141. The third kappa shape index (κ3) is 4.20. The molecule has 0 aromatic carbocycles. The van der Waals surface area contributed by atoms with Crippen molar-refractivity contribution in [2.45, 2.75) is 84.2 Å². The van der Waals surface area contributed by atoms with Crippen molar-refractivity contribution in [1.29, 1.82) is 0 Å². The number of unbranched alkanes of at least 4 members (excludes halogenated alkanes) is 1. The number of rotatable bonds is 6. The summed E-state index contributed by atoms with van der Waals surface area (Å²) in [6.07, 6.45) is 7.20. The first-order chi connectivity index (χ1) is 8.94. The lowest BCUT2D eigenvalue weighted by Gasteiger charge is -2.41. The molecule has 2 N–H and O–H groups in total. The summed E-state index contributed by atoms with van der Waals surface area (Å²) in [6.45, 7) is 9.53. The predicted molar refractivity (Wildman–Crippen MR) is 80.9 cm³/mol. The average molecular weight is 268 g/mol. The van der Waals surface area contributed by atoms with Gasteiger partial charge in [-0.05, 0) is 38.5 Å². The molecular weight excluding hydrogens is 236 g/mol. The molecule has 0 heterocycles. The maximum absolute atomic E-state index is 12.9. The minimum absolute atomic E-state index is 0.196. The van der Waals surface area contributed by atoms with Crippen LogP contribution in [0.15, 0.2) is 0 Å². The molecule has 3 nitrogen and oxygen atoms in total. The van der Waals surface area contributed by atoms with Crippen molar-refractivity contribution in [2.24, 2.45) is 11.7 Å². The predicted octanol–water partition coefficient (Wildman–Crippen LogP) is 3.32. The van der Waals surface area contributed by atoms with Gasteiger partial charge in [0.15, 0.2) is 0 Å². The quantitative estimate of drug-likeness (QED) is 0.803. The molecule has 1 aliphatic carbocycles. The fourth-order valence-corrected chi connectivity index (χ4v) is 3.14. The second-order valence-corrected chi connectivity index (χ2v) is 6.47. The van der Waals surface area contributed by atoms with E-state index in [4.69, 9.17) is 5.73 Å². The van der Waals surface area contributed by atoms with Gasteiger partial charge in [0, 0.05) is 12.6 Å². The molecule has 1 aliphatic rings. The number of nitrogens with two attached hydrogens (primary N) is 1. The highest BCUT2D eigenvalue weighted by atomic mass is 16.2. The van der Waals surface area contributed by atoms with E-state index in [-0.39, 0.29) is 5.91 Å². The average Bonchev–Trinajstić information content (AvgIpc) is 2.38. The Labute approximate surface area is 118 Å². The maximum atomic E-state index is 12.9. The molecule has 0 bridgehead atoms. The zero-order valence-electron chi connectivity index (χ0n) is 13.2. The second-order valence-electron chi connectivity index (χ2n) is 6.47. The van der Waals surface area contributed by atoms with Crippen LogP contribution in [-0.2, 0) is 4.79 Å². The van der Waals surface area contributed by atoms with Gasteiger partial charge in [-0.1, -0.05) is 40.0 Å². The van der Waals surface area contributed by atoms with Crippen LogP contribution in [0.3, 0.4) is 0 Å². The van der Waals surface area contributed by atoms with E-state index < -0.39 is 5.54 Å². The van der Waals surface area contributed by atoms with Crippen LogP contribution < -0.4 is 5.73 Å². The van der Waals surface area contributed by atoms with Crippen LogP contribution in [0.25, 0.3) is 0 Å². The zero-order chi connectivity index (χ0) is 14.5. The molecule has 3 atom stereocenters. The Hall–Kier alpha value is -0.570. The first-order valence-corrected chi connectivity index (χ1v) is 8.04. The largest absolute Gasteiger partial charge is 0.338 e. The Morgan fingerprint density at radius 2 is 2.16 bits per heavy atom. The van der Waals surface area contributed by atoms with Crippen LogP contribution in [-0.4, -0.2) is 28.9 Å².